The van der Waals surface area contributed by atoms with Gasteiger partial charge in [0.2, 0.25) is 0 Å². The van der Waals surface area contributed by atoms with Crippen molar-refractivity contribution in [3.63, 3.8) is 0 Å². The monoisotopic (exact) mass is 300 g/mol. The molecular weight excluding hydrogens is 289 g/mol. The topological polar surface area (TPSA) is 75.4 Å². The highest BCUT2D eigenvalue weighted by molar-refractivity contribution is 5.88. The number of hydrogen-bond donors (Lipinski definition) is 2. The van der Waals surface area contributed by atoms with Gasteiger partial charge in [0, 0.05) is 6.20 Å². The molecule has 0 aliphatic carbocycles. The number of rotatable bonds is 4. The van der Waals surface area contributed by atoms with Gasteiger partial charge in [0.15, 0.2) is 0 Å². The van der Waals surface area contributed by atoms with E-state index in [1.54, 1.807) is 0 Å². The Morgan fingerprint density at radius 3 is 2.62 bits per heavy atom. The molecule has 2 rings (SSSR count). The van der Waals surface area contributed by atoms with E-state index in [0.717, 1.165) is 12.3 Å². The maximum Gasteiger partial charge on any atom is 0.417 e. The highest BCUT2D eigenvalue weighted by Crippen LogP contribution is 2.28. The molecule has 0 fully saturated rings. The Labute approximate surface area is 117 Å². The molecule has 2 aromatic rings. The molecule has 0 aliphatic rings. The molecule has 0 atom stereocenters. The number of halogens is 3. The van der Waals surface area contributed by atoms with Gasteiger partial charge < -0.3 is 14.8 Å². The van der Waals surface area contributed by atoms with Gasteiger partial charge in [-0.1, -0.05) is 0 Å². The van der Waals surface area contributed by atoms with Gasteiger partial charge in [-0.25, -0.2) is 9.78 Å². The third kappa shape index (κ3) is 3.53. The van der Waals surface area contributed by atoms with Gasteiger partial charge in [0.1, 0.15) is 22.9 Å². The van der Waals surface area contributed by atoms with Crippen LogP contribution in [0.15, 0.2) is 28.8 Å². The van der Waals surface area contributed by atoms with Gasteiger partial charge in [-0.05, 0) is 25.1 Å². The van der Waals surface area contributed by atoms with Crippen LogP contribution in [0.5, 0.6) is 0 Å². The summed E-state index contributed by atoms with van der Waals surface area (Å²) in [5, 5.41) is 11.6. The van der Waals surface area contributed by atoms with Crippen LogP contribution in [0.4, 0.5) is 19.0 Å². The number of aryl methyl sites for hydroxylation is 1. The number of alkyl halides is 3. The zero-order chi connectivity index (χ0) is 15.6. The molecule has 0 amide bonds. The summed E-state index contributed by atoms with van der Waals surface area (Å²) >= 11 is 0. The highest BCUT2D eigenvalue weighted by Gasteiger charge is 2.30. The molecular formula is C13H11F3N2O3. The van der Waals surface area contributed by atoms with Crippen molar-refractivity contribution >= 4 is 11.8 Å². The van der Waals surface area contributed by atoms with Crippen molar-refractivity contribution in [1.82, 2.24) is 4.98 Å². The second-order valence-electron chi connectivity index (χ2n) is 4.27. The molecule has 0 aliphatic heterocycles. The van der Waals surface area contributed by atoms with Crippen molar-refractivity contribution in [2.24, 2.45) is 0 Å². The first-order chi connectivity index (χ1) is 9.77. The summed E-state index contributed by atoms with van der Waals surface area (Å²) in [6.07, 6.45) is -3.71. The lowest BCUT2D eigenvalue weighted by Crippen LogP contribution is -2.06. The number of carboxylic acids is 1. The van der Waals surface area contributed by atoms with E-state index in [0.29, 0.717) is 5.76 Å². The van der Waals surface area contributed by atoms with E-state index in [1.807, 2.05) is 0 Å². The third-order valence-corrected chi connectivity index (χ3v) is 2.73. The summed E-state index contributed by atoms with van der Waals surface area (Å²) in [5.41, 5.74) is -0.790. The first-order valence-electron chi connectivity index (χ1n) is 5.87. The standard InChI is InChI=1S/C13H11F3N2O3/c1-7-10(12(19)20)4-9(21-7)6-18-11-3-2-8(5-17-11)13(14,15)16/h2-5H,6H2,1H3,(H,17,18)(H,19,20). The average molecular weight is 300 g/mol. The van der Waals surface area contributed by atoms with Crippen LogP contribution in [0.3, 0.4) is 0 Å². The van der Waals surface area contributed by atoms with Crippen molar-refractivity contribution in [3.05, 3.63) is 47.0 Å². The molecule has 0 saturated carbocycles. The van der Waals surface area contributed by atoms with Crippen LogP contribution in [0.2, 0.25) is 0 Å². The smallest absolute Gasteiger partial charge is 0.417 e. The fourth-order valence-electron chi connectivity index (χ4n) is 1.69. The Balaban J connectivity index is 2.03. The zero-order valence-corrected chi connectivity index (χ0v) is 10.9. The van der Waals surface area contributed by atoms with Gasteiger partial charge in [-0.15, -0.1) is 0 Å². The number of nitrogens with zero attached hydrogens (tertiary/aromatic N) is 1. The number of aromatic nitrogens is 1. The SMILES string of the molecule is Cc1oc(CNc2ccc(C(F)(F)F)cn2)cc1C(=O)O. The van der Waals surface area contributed by atoms with Crippen LogP contribution in [0.1, 0.15) is 27.4 Å². The van der Waals surface area contributed by atoms with Crippen LogP contribution < -0.4 is 5.32 Å². The summed E-state index contributed by atoms with van der Waals surface area (Å²) in [5.74, 6) is -0.254. The maximum atomic E-state index is 12.4. The van der Waals surface area contributed by atoms with E-state index in [1.165, 1.54) is 19.1 Å². The highest BCUT2D eigenvalue weighted by atomic mass is 19.4. The number of carbonyl (C=O) groups is 1. The van der Waals surface area contributed by atoms with E-state index in [2.05, 4.69) is 10.3 Å². The van der Waals surface area contributed by atoms with E-state index >= 15 is 0 Å². The van der Waals surface area contributed by atoms with Crippen molar-refractivity contribution < 1.29 is 27.5 Å². The number of carboxylic acid groups (broad SMARTS) is 1. The fraction of sp³-hybridized carbons (Fsp3) is 0.231. The van der Waals surface area contributed by atoms with Crippen molar-refractivity contribution in [2.75, 3.05) is 5.32 Å². The summed E-state index contributed by atoms with van der Waals surface area (Å²) in [7, 11) is 0. The molecule has 2 aromatic heterocycles. The number of nitrogens with one attached hydrogen (secondary N) is 1. The van der Waals surface area contributed by atoms with Crippen molar-refractivity contribution in [1.29, 1.82) is 0 Å². The van der Waals surface area contributed by atoms with Gasteiger partial charge in [-0.2, -0.15) is 13.2 Å². The number of furan rings is 1. The Morgan fingerprint density at radius 2 is 2.14 bits per heavy atom. The molecule has 0 saturated heterocycles. The van der Waals surface area contributed by atoms with Crippen LogP contribution in [-0.4, -0.2) is 16.1 Å². The number of anilines is 1. The van der Waals surface area contributed by atoms with E-state index in [4.69, 9.17) is 9.52 Å². The van der Waals surface area contributed by atoms with Gasteiger partial charge >= 0.3 is 12.1 Å². The largest absolute Gasteiger partial charge is 0.478 e. The Morgan fingerprint density at radius 1 is 1.43 bits per heavy atom. The lowest BCUT2D eigenvalue weighted by molar-refractivity contribution is -0.137. The van der Waals surface area contributed by atoms with Crippen LogP contribution in [-0.2, 0) is 12.7 Å². The molecule has 21 heavy (non-hydrogen) atoms. The van der Waals surface area contributed by atoms with Gasteiger partial charge in [-0.3, -0.25) is 0 Å². The van der Waals surface area contributed by atoms with E-state index in [-0.39, 0.29) is 23.7 Å². The van der Waals surface area contributed by atoms with Crippen LogP contribution in [0, 0.1) is 6.92 Å². The summed E-state index contributed by atoms with van der Waals surface area (Å²) < 4.78 is 42.3. The Kier molecular flexibility index (Phi) is 3.88. The average Bonchev–Trinajstić information content (AvgIpc) is 2.77. The molecule has 112 valence electrons. The maximum absolute atomic E-state index is 12.4. The van der Waals surface area contributed by atoms with Crippen LogP contribution in [0.25, 0.3) is 0 Å². The minimum atomic E-state index is -4.43. The Bertz CT molecular complexity index is 648. The van der Waals surface area contributed by atoms with Crippen molar-refractivity contribution in [3.8, 4) is 0 Å². The molecule has 8 heteroatoms. The number of aromatic carboxylic acids is 1. The lowest BCUT2D eigenvalue weighted by Gasteiger charge is -2.07. The fourth-order valence-corrected chi connectivity index (χ4v) is 1.69. The second-order valence-corrected chi connectivity index (χ2v) is 4.27. The number of hydrogen-bond acceptors (Lipinski definition) is 4. The van der Waals surface area contributed by atoms with E-state index < -0.39 is 17.7 Å². The van der Waals surface area contributed by atoms with Crippen LogP contribution >= 0.6 is 0 Å². The Hall–Kier alpha value is -2.51. The molecule has 2 N–H and O–H groups in total. The molecule has 2 heterocycles. The normalized spacial score (nSPS) is 11.4. The van der Waals surface area contributed by atoms with E-state index in [9.17, 15) is 18.0 Å². The quantitative estimate of drug-likeness (QED) is 0.906. The minimum absolute atomic E-state index is 0.0483. The van der Waals surface area contributed by atoms with Gasteiger partial charge in [0.05, 0.1) is 12.1 Å². The third-order valence-electron chi connectivity index (χ3n) is 2.73. The zero-order valence-electron chi connectivity index (χ0n) is 10.9. The molecule has 0 radical (unpaired) electrons. The molecule has 0 spiro atoms. The minimum Gasteiger partial charge on any atom is -0.478 e. The molecule has 0 aromatic carbocycles. The lowest BCUT2D eigenvalue weighted by atomic mass is 10.2. The first kappa shape index (κ1) is 14.9. The summed E-state index contributed by atoms with van der Waals surface area (Å²) in [4.78, 5) is 14.5. The second kappa shape index (κ2) is 5.47. The molecule has 0 unspecified atom stereocenters. The summed E-state index contributed by atoms with van der Waals surface area (Å²) in [6, 6.07) is 3.46. The first-order valence-corrected chi connectivity index (χ1v) is 5.87. The molecule has 5 nitrogen and oxygen atoms in total. The predicted molar refractivity (Wildman–Crippen MR) is 67.0 cm³/mol. The molecule has 0 bridgehead atoms. The number of pyridine rings is 1. The summed E-state index contributed by atoms with van der Waals surface area (Å²) in [6.45, 7) is 1.63. The van der Waals surface area contributed by atoms with Crippen molar-refractivity contribution in [2.45, 2.75) is 19.6 Å². The predicted octanol–water partition coefficient (Wildman–Crippen LogP) is 3.31. The van der Waals surface area contributed by atoms with Gasteiger partial charge in [0.25, 0.3) is 0 Å².